The van der Waals surface area contributed by atoms with E-state index in [4.69, 9.17) is 5.11 Å². The van der Waals surface area contributed by atoms with Crippen LogP contribution in [0.5, 0.6) is 0 Å². The van der Waals surface area contributed by atoms with E-state index >= 15 is 0 Å². The van der Waals surface area contributed by atoms with E-state index in [0.29, 0.717) is 6.42 Å². The highest BCUT2D eigenvalue weighted by Crippen LogP contribution is 2.13. The van der Waals surface area contributed by atoms with Crippen LogP contribution >= 0.6 is 0 Å². The topological polar surface area (TPSA) is 86.7 Å². The summed E-state index contributed by atoms with van der Waals surface area (Å²) in [6.07, 6.45) is 0.317. The first kappa shape index (κ1) is 17.4. The van der Waals surface area contributed by atoms with Crippen molar-refractivity contribution in [2.75, 3.05) is 7.05 Å². The Morgan fingerprint density at radius 3 is 2.05 bits per heavy atom. The number of rotatable bonds is 5. The summed E-state index contributed by atoms with van der Waals surface area (Å²) < 4.78 is 0. The average Bonchev–Trinajstić information content (AvgIpc) is 2.26. The lowest BCUT2D eigenvalue weighted by atomic mass is 9.95. The molecule has 2 unspecified atom stereocenters. The summed E-state index contributed by atoms with van der Waals surface area (Å²) in [4.78, 5) is 36.0. The predicted molar refractivity (Wildman–Crippen MR) is 71.5 cm³/mol. The molecule has 0 saturated carbocycles. The molecule has 0 spiro atoms. The smallest absolute Gasteiger partial charge is 0.326 e. The molecule has 6 nitrogen and oxygen atoms in total. The van der Waals surface area contributed by atoms with Crippen molar-refractivity contribution in [2.45, 2.75) is 53.1 Å². The van der Waals surface area contributed by atoms with Crippen LogP contribution in [0.4, 0.5) is 0 Å². The SMILES string of the molecule is CCC(C(=O)O)N(C)C(=O)C(C)NC(=O)C(C)(C)C. The molecule has 2 N–H and O–H groups in total. The third kappa shape index (κ3) is 4.89. The van der Waals surface area contributed by atoms with E-state index in [1.54, 1.807) is 34.6 Å². The summed E-state index contributed by atoms with van der Waals surface area (Å²) in [7, 11) is 1.43. The molecular formula is C13H24N2O4. The van der Waals surface area contributed by atoms with Crippen molar-refractivity contribution in [3.63, 3.8) is 0 Å². The first-order chi connectivity index (χ1) is 8.52. The van der Waals surface area contributed by atoms with Crippen LogP contribution in [-0.4, -0.2) is 46.9 Å². The fourth-order valence-corrected chi connectivity index (χ4v) is 1.55. The molecule has 0 rings (SSSR count). The second-order valence-electron chi connectivity index (χ2n) is 5.66. The molecule has 0 aliphatic heterocycles. The Bertz CT molecular complexity index is 360. The maximum absolute atomic E-state index is 12.1. The van der Waals surface area contributed by atoms with E-state index in [0.717, 1.165) is 4.90 Å². The molecule has 0 saturated heterocycles. The molecule has 2 atom stereocenters. The van der Waals surface area contributed by atoms with E-state index in [1.807, 2.05) is 0 Å². The lowest BCUT2D eigenvalue weighted by Gasteiger charge is -2.28. The molecule has 0 heterocycles. The Balaban J connectivity index is 4.74. The normalized spacial score (nSPS) is 14.4. The minimum atomic E-state index is -1.05. The summed E-state index contributed by atoms with van der Waals surface area (Å²) in [6.45, 7) is 8.48. The number of hydrogen-bond acceptors (Lipinski definition) is 3. The second-order valence-corrected chi connectivity index (χ2v) is 5.66. The minimum Gasteiger partial charge on any atom is -0.480 e. The Labute approximate surface area is 114 Å². The number of carbonyl (C=O) groups is 3. The minimum absolute atomic E-state index is 0.245. The number of carboxylic acids is 1. The molecule has 0 bridgehead atoms. The highest BCUT2D eigenvalue weighted by atomic mass is 16.4. The van der Waals surface area contributed by atoms with E-state index < -0.39 is 29.4 Å². The van der Waals surface area contributed by atoms with Crippen LogP contribution in [0.25, 0.3) is 0 Å². The molecule has 19 heavy (non-hydrogen) atoms. The monoisotopic (exact) mass is 272 g/mol. The number of likely N-dealkylation sites (N-methyl/N-ethyl adjacent to an activating group) is 1. The van der Waals surface area contributed by atoms with Crippen LogP contribution in [0.15, 0.2) is 0 Å². The van der Waals surface area contributed by atoms with Crippen molar-refractivity contribution in [3.8, 4) is 0 Å². The molecule has 0 aliphatic carbocycles. The zero-order valence-corrected chi connectivity index (χ0v) is 12.5. The Hall–Kier alpha value is -1.59. The zero-order valence-electron chi connectivity index (χ0n) is 12.5. The van der Waals surface area contributed by atoms with E-state index in [-0.39, 0.29) is 5.91 Å². The van der Waals surface area contributed by atoms with E-state index in [1.165, 1.54) is 7.05 Å². The van der Waals surface area contributed by atoms with Crippen LogP contribution in [0.1, 0.15) is 41.0 Å². The quantitative estimate of drug-likeness (QED) is 0.777. The van der Waals surface area contributed by atoms with Gasteiger partial charge in [-0.3, -0.25) is 9.59 Å². The molecule has 110 valence electrons. The van der Waals surface area contributed by atoms with Gasteiger partial charge in [-0.1, -0.05) is 27.7 Å². The van der Waals surface area contributed by atoms with Gasteiger partial charge in [-0.15, -0.1) is 0 Å². The third-order valence-corrected chi connectivity index (χ3v) is 2.89. The first-order valence-corrected chi connectivity index (χ1v) is 6.32. The van der Waals surface area contributed by atoms with Crippen molar-refractivity contribution in [1.82, 2.24) is 10.2 Å². The van der Waals surface area contributed by atoms with Gasteiger partial charge in [0.15, 0.2) is 0 Å². The number of aliphatic carboxylic acids is 1. The van der Waals surface area contributed by atoms with Gasteiger partial charge in [0, 0.05) is 12.5 Å². The summed E-state index contributed by atoms with van der Waals surface area (Å²) >= 11 is 0. The summed E-state index contributed by atoms with van der Waals surface area (Å²) in [6, 6.07) is -1.62. The maximum Gasteiger partial charge on any atom is 0.326 e. The van der Waals surface area contributed by atoms with Crippen LogP contribution in [0.3, 0.4) is 0 Å². The van der Waals surface area contributed by atoms with Gasteiger partial charge in [0.05, 0.1) is 0 Å². The molecule has 0 aromatic carbocycles. The number of hydrogen-bond donors (Lipinski definition) is 2. The largest absolute Gasteiger partial charge is 0.480 e. The van der Waals surface area contributed by atoms with Crippen molar-refractivity contribution >= 4 is 17.8 Å². The molecule has 0 aliphatic rings. The van der Waals surface area contributed by atoms with Gasteiger partial charge in [0.1, 0.15) is 12.1 Å². The number of amides is 2. The summed E-state index contributed by atoms with van der Waals surface area (Å²) in [5.74, 6) is -1.70. The molecule has 0 fully saturated rings. The van der Waals surface area contributed by atoms with E-state index in [2.05, 4.69) is 5.32 Å². The van der Waals surface area contributed by atoms with Gasteiger partial charge in [-0.2, -0.15) is 0 Å². The van der Waals surface area contributed by atoms with Crippen LogP contribution in [-0.2, 0) is 14.4 Å². The first-order valence-electron chi connectivity index (χ1n) is 6.32. The number of nitrogens with one attached hydrogen (secondary N) is 1. The summed E-state index contributed by atoms with van der Waals surface area (Å²) in [5.41, 5.74) is -0.593. The molecular weight excluding hydrogens is 248 g/mol. The Kier molecular flexibility index (Phi) is 5.99. The maximum atomic E-state index is 12.1. The lowest BCUT2D eigenvalue weighted by molar-refractivity contribution is -0.150. The van der Waals surface area contributed by atoms with Gasteiger partial charge in [0.25, 0.3) is 0 Å². The Morgan fingerprint density at radius 1 is 1.26 bits per heavy atom. The van der Waals surface area contributed by atoms with Crippen molar-refractivity contribution in [3.05, 3.63) is 0 Å². The van der Waals surface area contributed by atoms with E-state index in [9.17, 15) is 14.4 Å². The van der Waals surface area contributed by atoms with Crippen molar-refractivity contribution < 1.29 is 19.5 Å². The van der Waals surface area contributed by atoms with Crippen molar-refractivity contribution in [1.29, 1.82) is 0 Å². The van der Waals surface area contributed by atoms with Gasteiger partial charge < -0.3 is 15.3 Å². The molecule has 0 aromatic rings. The summed E-state index contributed by atoms with van der Waals surface area (Å²) in [5, 5.41) is 11.6. The van der Waals surface area contributed by atoms with Crippen molar-refractivity contribution in [2.24, 2.45) is 5.41 Å². The van der Waals surface area contributed by atoms with Crippen LogP contribution in [0.2, 0.25) is 0 Å². The van der Waals surface area contributed by atoms with Crippen LogP contribution in [0, 0.1) is 5.41 Å². The van der Waals surface area contributed by atoms with Gasteiger partial charge >= 0.3 is 5.97 Å². The molecule has 0 radical (unpaired) electrons. The number of carbonyl (C=O) groups excluding carboxylic acids is 2. The van der Waals surface area contributed by atoms with Gasteiger partial charge in [-0.25, -0.2) is 4.79 Å². The molecule has 0 aromatic heterocycles. The zero-order chi connectivity index (χ0) is 15.4. The average molecular weight is 272 g/mol. The highest BCUT2D eigenvalue weighted by Gasteiger charge is 2.30. The predicted octanol–water partition coefficient (Wildman–Crippen LogP) is 0.859. The number of nitrogens with zero attached hydrogens (tertiary/aromatic N) is 1. The second kappa shape index (κ2) is 6.54. The van der Waals surface area contributed by atoms with Gasteiger partial charge in [-0.05, 0) is 13.3 Å². The lowest BCUT2D eigenvalue weighted by Crippen LogP contribution is -2.52. The fourth-order valence-electron chi connectivity index (χ4n) is 1.55. The number of carboxylic acid groups (broad SMARTS) is 1. The Morgan fingerprint density at radius 2 is 1.74 bits per heavy atom. The van der Waals surface area contributed by atoms with Crippen LogP contribution < -0.4 is 5.32 Å². The highest BCUT2D eigenvalue weighted by molar-refractivity contribution is 5.91. The fraction of sp³-hybridized carbons (Fsp3) is 0.769. The third-order valence-electron chi connectivity index (χ3n) is 2.89. The standard InChI is InChI=1S/C13H24N2O4/c1-7-9(11(17)18)15(6)10(16)8(2)14-12(19)13(3,4)5/h8-9H,7H2,1-6H3,(H,14,19)(H,17,18). The molecule has 6 heteroatoms. The van der Waals surface area contributed by atoms with Gasteiger partial charge in [0.2, 0.25) is 11.8 Å². The molecule has 2 amide bonds.